The van der Waals surface area contributed by atoms with Crippen molar-refractivity contribution >= 4 is 61.3 Å². The molecule has 1 aliphatic heterocycles. The molecule has 1 aliphatic rings. The molecule has 3 aromatic rings. The lowest BCUT2D eigenvalue weighted by atomic mass is 10.1. The number of rotatable bonds is 5. The van der Waals surface area contributed by atoms with Crippen LogP contribution in [0.4, 0.5) is 11.4 Å². The highest BCUT2D eigenvalue weighted by Crippen LogP contribution is 2.37. The molecular formula is C21H18Cl2N2O4S. The van der Waals surface area contributed by atoms with Gasteiger partial charge in [0, 0.05) is 29.5 Å². The van der Waals surface area contributed by atoms with Crippen molar-refractivity contribution in [2.75, 3.05) is 22.7 Å². The third-order valence-corrected chi connectivity index (χ3v) is 7.57. The van der Waals surface area contributed by atoms with Crippen molar-refractivity contribution in [2.24, 2.45) is 5.92 Å². The number of nitrogens with zero attached hydrogens (tertiary/aromatic N) is 1. The van der Waals surface area contributed by atoms with Gasteiger partial charge in [-0.05, 0) is 30.7 Å². The Morgan fingerprint density at radius 1 is 1.03 bits per heavy atom. The predicted molar refractivity (Wildman–Crippen MR) is 119 cm³/mol. The number of anilines is 2. The van der Waals surface area contributed by atoms with Gasteiger partial charge in [0.05, 0.1) is 21.7 Å². The Kier molecular flexibility index (Phi) is 5.53. The molecule has 6 nitrogen and oxygen atoms in total. The maximum atomic E-state index is 12.9. The van der Waals surface area contributed by atoms with Crippen LogP contribution in [0.3, 0.4) is 0 Å². The number of sulfonamides is 1. The van der Waals surface area contributed by atoms with Crippen molar-refractivity contribution in [3.8, 4) is 0 Å². The van der Waals surface area contributed by atoms with E-state index in [0.717, 1.165) is 11.1 Å². The first kappa shape index (κ1) is 20.8. The third-order valence-electron chi connectivity index (χ3n) is 5.23. The zero-order valence-electron chi connectivity index (χ0n) is 15.7. The molecule has 3 aromatic carbocycles. The number of hydrogen-bond acceptors (Lipinski definition) is 4. The summed E-state index contributed by atoms with van der Waals surface area (Å²) in [5.41, 5.74) is 1.28. The number of aliphatic carboxylic acids is 1. The number of carbonyl (C=O) groups is 1. The lowest BCUT2D eigenvalue weighted by Gasteiger charge is -2.22. The summed E-state index contributed by atoms with van der Waals surface area (Å²) in [5, 5.41) is 10.9. The second-order valence-corrected chi connectivity index (χ2v) is 9.54. The molecule has 0 aromatic heterocycles. The highest BCUT2D eigenvalue weighted by Gasteiger charge is 2.29. The van der Waals surface area contributed by atoms with Crippen molar-refractivity contribution in [2.45, 2.75) is 11.3 Å². The number of carboxylic acid groups (broad SMARTS) is 1. The van der Waals surface area contributed by atoms with Crippen molar-refractivity contribution in [1.82, 2.24) is 0 Å². The molecule has 1 unspecified atom stereocenters. The summed E-state index contributed by atoms with van der Waals surface area (Å²) in [7, 11) is -3.97. The van der Waals surface area contributed by atoms with E-state index in [9.17, 15) is 18.3 Å². The van der Waals surface area contributed by atoms with Crippen LogP contribution in [-0.4, -0.2) is 32.6 Å². The van der Waals surface area contributed by atoms with Crippen LogP contribution in [0.25, 0.3) is 10.8 Å². The van der Waals surface area contributed by atoms with E-state index in [1.807, 2.05) is 35.2 Å². The molecule has 1 fully saturated rings. The number of carboxylic acids is 1. The smallest absolute Gasteiger partial charge is 0.308 e. The second kappa shape index (κ2) is 7.98. The molecule has 0 spiro atoms. The molecule has 0 aliphatic carbocycles. The van der Waals surface area contributed by atoms with Gasteiger partial charge in [-0.25, -0.2) is 8.42 Å². The van der Waals surface area contributed by atoms with Crippen LogP contribution >= 0.6 is 23.2 Å². The molecule has 0 amide bonds. The Labute approximate surface area is 184 Å². The van der Waals surface area contributed by atoms with Gasteiger partial charge in [-0.15, -0.1) is 0 Å². The summed E-state index contributed by atoms with van der Waals surface area (Å²) in [6.07, 6.45) is 0.575. The summed E-state index contributed by atoms with van der Waals surface area (Å²) in [6.45, 7) is 1.05. The average Bonchev–Trinajstić information content (AvgIpc) is 3.20. The Morgan fingerprint density at radius 2 is 1.77 bits per heavy atom. The summed E-state index contributed by atoms with van der Waals surface area (Å²) in [5.74, 6) is -1.21. The van der Waals surface area contributed by atoms with E-state index in [1.165, 1.54) is 18.2 Å². The van der Waals surface area contributed by atoms with Crippen LogP contribution in [0.15, 0.2) is 59.5 Å². The van der Waals surface area contributed by atoms with Gasteiger partial charge in [0.15, 0.2) is 0 Å². The largest absolute Gasteiger partial charge is 0.481 e. The average molecular weight is 465 g/mol. The van der Waals surface area contributed by atoms with Crippen LogP contribution in [0.2, 0.25) is 10.0 Å². The fourth-order valence-electron chi connectivity index (χ4n) is 3.72. The fraction of sp³-hybridized carbons (Fsp3) is 0.190. The molecule has 156 valence electrons. The zero-order valence-corrected chi connectivity index (χ0v) is 18.0. The summed E-state index contributed by atoms with van der Waals surface area (Å²) in [4.78, 5) is 13.2. The van der Waals surface area contributed by atoms with Crippen LogP contribution < -0.4 is 9.62 Å². The van der Waals surface area contributed by atoms with Gasteiger partial charge >= 0.3 is 5.97 Å². The molecule has 1 saturated heterocycles. The quantitative estimate of drug-likeness (QED) is 0.562. The minimum Gasteiger partial charge on any atom is -0.481 e. The lowest BCUT2D eigenvalue weighted by molar-refractivity contribution is -0.140. The van der Waals surface area contributed by atoms with Crippen LogP contribution in [0, 0.1) is 5.92 Å². The minimum absolute atomic E-state index is 0.0376. The molecule has 1 heterocycles. The Hall–Kier alpha value is -2.48. The molecule has 0 bridgehead atoms. The predicted octanol–water partition coefficient (Wildman–Crippen LogP) is 4.86. The Balaban J connectivity index is 1.73. The first-order chi connectivity index (χ1) is 14.3. The zero-order chi connectivity index (χ0) is 21.5. The fourth-order valence-corrected chi connectivity index (χ4v) is 5.56. The molecule has 1 atom stereocenters. The SMILES string of the molecule is O=C(O)C1CCN(c2ccc(NS(=O)(=O)c3cccc(Cl)c3Cl)c3ccccc23)C1. The molecule has 2 N–H and O–H groups in total. The maximum Gasteiger partial charge on any atom is 0.308 e. The van der Waals surface area contributed by atoms with Gasteiger partial charge in [-0.3, -0.25) is 9.52 Å². The monoisotopic (exact) mass is 464 g/mol. The summed E-state index contributed by atoms with van der Waals surface area (Å²) >= 11 is 12.1. The molecule has 30 heavy (non-hydrogen) atoms. The summed E-state index contributed by atoms with van der Waals surface area (Å²) in [6, 6.07) is 15.3. The number of fused-ring (bicyclic) bond motifs is 1. The van der Waals surface area contributed by atoms with Crippen molar-refractivity contribution in [1.29, 1.82) is 0 Å². The molecule has 9 heteroatoms. The van der Waals surface area contributed by atoms with E-state index >= 15 is 0 Å². The molecular weight excluding hydrogens is 447 g/mol. The van der Waals surface area contributed by atoms with Gasteiger partial charge in [0.1, 0.15) is 4.90 Å². The van der Waals surface area contributed by atoms with Crippen LogP contribution in [0.5, 0.6) is 0 Å². The lowest BCUT2D eigenvalue weighted by Crippen LogP contribution is -2.23. The number of benzene rings is 3. The van der Waals surface area contributed by atoms with Gasteiger partial charge in [0.2, 0.25) is 0 Å². The van der Waals surface area contributed by atoms with E-state index in [2.05, 4.69) is 4.72 Å². The van der Waals surface area contributed by atoms with E-state index in [0.29, 0.717) is 30.6 Å². The normalized spacial score (nSPS) is 16.7. The highest BCUT2D eigenvalue weighted by atomic mass is 35.5. The van der Waals surface area contributed by atoms with Gasteiger partial charge in [0.25, 0.3) is 10.0 Å². The molecule has 4 rings (SSSR count). The van der Waals surface area contributed by atoms with E-state index in [4.69, 9.17) is 23.2 Å². The maximum absolute atomic E-state index is 12.9. The first-order valence-electron chi connectivity index (χ1n) is 9.24. The third kappa shape index (κ3) is 3.80. The topological polar surface area (TPSA) is 86.7 Å². The molecule has 0 radical (unpaired) electrons. The number of hydrogen-bond donors (Lipinski definition) is 2. The summed E-state index contributed by atoms with van der Waals surface area (Å²) < 4.78 is 28.5. The van der Waals surface area contributed by atoms with Gasteiger partial charge in [-0.2, -0.15) is 0 Å². The van der Waals surface area contributed by atoms with Crippen LogP contribution in [0.1, 0.15) is 6.42 Å². The first-order valence-corrected chi connectivity index (χ1v) is 11.5. The Bertz CT molecular complexity index is 1250. The van der Waals surface area contributed by atoms with Crippen molar-refractivity contribution in [3.05, 3.63) is 64.6 Å². The Morgan fingerprint density at radius 3 is 2.47 bits per heavy atom. The number of halogens is 2. The van der Waals surface area contributed by atoms with Crippen molar-refractivity contribution < 1.29 is 18.3 Å². The highest BCUT2D eigenvalue weighted by molar-refractivity contribution is 7.92. The van der Waals surface area contributed by atoms with Gasteiger partial charge < -0.3 is 10.0 Å². The molecule has 0 saturated carbocycles. The van der Waals surface area contributed by atoms with Crippen molar-refractivity contribution in [3.63, 3.8) is 0 Å². The van der Waals surface area contributed by atoms with E-state index < -0.39 is 21.9 Å². The number of nitrogens with one attached hydrogen (secondary N) is 1. The van der Waals surface area contributed by atoms with E-state index in [1.54, 1.807) is 6.07 Å². The van der Waals surface area contributed by atoms with Gasteiger partial charge in [-0.1, -0.05) is 53.5 Å². The standard InChI is InChI=1S/C21H18Cl2N2O4S/c22-16-6-3-7-19(20(16)23)30(28,29)24-17-8-9-18(15-5-2-1-4-14(15)17)25-11-10-13(12-25)21(26)27/h1-9,13,24H,10-12H2,(H,26,27). The van der Waals surface area contributed by atoms with E-state index in [-0.39, 0.29) is 14.9 Å². The minimum atomic E-state index is -3.97. The van der Waals surface area contributed by atoms with Crippen LogP contribution in [-0.2, 0) is 14.8 Å². The second-order valence-electron chi connectivity index (χ2n) is 7.11.